The topological polar surface area (TPSA) is 73.2 Å². The van der Waals surface area contributed by atoms with E-state index in [1.54, 1.807) is 0 Å². The summed E-state index contributed by atoms with van der Waals surface area (Å²) in [5, 5.41) is 12.4. The second-order valence-corrected chi connectivity index (χ2v) is 8.60. The molecule has 136 valence electrons. The summed E-state index contributed by atoms with van der Waals surface area (Å²) < 4.78 is 65.5. The zero-order chi connectivity index (χ0) is 18.4. The summed E-state index contributed by atoms with van der Waals surface area (Å²) in [5.41, 5.74) is -1.82. The third-order valence-corrected chi connectivity index (χ3v) is 6.96. The highest BCUT2D eigenvalue weighted by molar-refractivity contribution is 7.89. The van der Waals surface area contributed by atoms with Crippen molar-refractivity contribution in [1.29, 1.82) is 5.26 Å². The first kappa shape index (κ1) is 18.2. The molecule has 1 aromatic rings. The number of benzene rings is 1. The van der Waals surface area contributed by atoms with Crippen LogP contribution >= 0.6 is 0 Å². The number of nitriles is 1. The van der Waals surface area contributed by atoms with Gasteiger partial charge in [0.25, 0.3) is 0 Å². The SMILES string of the molecule is CN(C1CC2CCC(C1)N2)S(=O)(=O)c1ccc(C(F)(F)F)c(C#N)c1. The van der Waals surface area contributed by atoms with E-state index in [0.29, 0.717) is 18.9 Å². The van der Waals surface area contributed by atoms with Crippen molar-refractivity contribution in [3.8, 4) is 6.07 Å². The van der Waals surface area contributed by atoms with Crippen LogP contribution in [0.2, 0.25) is 0 Å². The third-order valence-electron chi connectivity index (χ3n) is 5.06. The molecule has 2 heterocycles. The predicted molar refractivity (Wildman–Crippen MR) is 84.1 cm³/mol. The number of alkyl halides is 3. The van der Waals surface area contributed by atoms with Gasteiger partial charge in [0.2, 0.25) is 10.0 Å². The molecule has 2 bridgehead atoms. The van der Waals surface area contributed by atoms with E-state index >= 15 is 0 Å². The molecule has 1 aromatic carbocycles. The molecule has 9 heteroatoms. The standard InChI is InChI=1S/C16H18F3N3O2S/c1-22(13-7-11-2-3-12(8-13)21-11)25(23,24)14-4-5-15(16(17,18)19)10(6-14)9-20/h4-6,11-13,21H,2-3,7-8H2,1H3. The summed E-state index contributed by atoms with van der Waals surface area (Å²) in [4.78, 5) is -0.287. The van der Waals surface area contributed by atoms with E-state index in [0.717, 1.165) is 25.0 Å². The third kappa shape index (κ3) is 3.38. The maximum absolute atomic E-state index is 12.9. The second-order valence-electron chi connectivity index (χ2n) is 6.60. The molecule has 2 aliphatic rings. The van der Waals surface area contributed by atoms with Gasteiger partial charge >= 0.3 is 6.18 Å². The van der Waals surface area contributed by atoms with E-state index < -0.39 is 27.3 Å². The number of fused-ring (bicyclic) bond motifs is 2. The minimum Gasteiger partial charge on any atom is -0.311 e. The van der Waals surface area contributed by atoms with Gasteiger partial charge in [-0.15, -0.1) is 0 Å². The molecule has 0 aliphatic carbocycles. The molecule has 2 atom stereocenters. The van der Waals surface area contributed by atoms with E-state index in [2.05, 4.69) is 5.32 Å². The van der Waals surface area contributed by atoms with E-state index in [-0.39, 0.29) is 23.0 Å². The maximum atomic E-state index is 12.9. The highest BCUT2D eigenvalue weighted by Crippen LogP contribution is 2.35. The van der Waals surface area contributed by atoms with Gasteiger partial charge in [0, 0.05) is 25.2 Å². The highest BCUT2D eigenvalue weighted by Gasteiger charge is 2.39. The number of piperidine rings is 1. The van der Waals surface area contributed by atoms with Crippen LogP contribution in [0.4, 0.5) is 13.2 Å². The van der Waals surface area contributed by atoms with E-state index in [1.807, 2.05) is 0 Å². The lowest BCUT2D eigenvalue weighted by Crippen LogP contribution is -2.48. The van der Waals surface area contributed by atoms with Crippen LogP contribution in [0.3, 0.4) is 0 Å². The Morgan fingerprint density at radius 2 is 1.84 bits per heavy atom. The molecule has 0 spiro atoms. The highest BCUT2D eigenvalue weighted by atomic mass is 32.2. The fourth-order valence-electron chi connectivity index (χ4n) is 3.71. The Hall–Kier alpha value is -1.63. The van der Waals surface area contributed by atoms with Crippen LogP contribution in [0.15, 0.2) is 23.1 Å². The van der Waals surface area contributed by atoms with Gasteiger partial charge in [0.15, 0.2) is 0 Å². The zero-order valence-electron chi connectivity index (χ0n) is 13.5. The molecule has 0 amide bonds. The molecule has 2 unspecified atom stereocenters. The number of halogens is 3. The van der Waals surface area contributed by atoms with Crippen LogP contribution in [0, 0.1) is 11.3 Å². The molecule has 0 saturated carbocycles. The molecular formula is C16H18F3N3O2S. The van der Waals surface area contributed by atoms with Crippen LogP contribution < -0.4 is 5.32 Å². The predicted octanol–water partition coefficient (Wildman–Crippen LogP) is 2.48. The Labute approximate surface area is 144 Å². The van der Waals surface area contributed by atoms with E-state index in [1.165, 1.54) is 17.4 Å². The smallest absolute Gasteiger partial charge is 0.311 e. The quantitative estimate of drug-likeness (QED) is 0.884. The van der Waals surface area contributed by atoms with Gasteiger partial charge in [-0.1, -0.05) is 0 Å². The lowest BCUT2D eigenvalue weighted by molar-refractivity contribution is -0.137. The minimum absolute atomic E-state index is 0.198. The summed E-state index contributed by atoms with van der Waals surface area (Å²) >= 11 is 0. The van der Waals surface area contributed by atoms with Gasteiger partial charge in [-0.3, -0.25) is 0 Å². The fourth-order valence-corrected chi connectivity index (χ4v) is 5.11. The number of hydrogen-bond acceptors (Lipinski definition) is 4. The van der Waals surface area contributed by atoms with E-state index in [4.69, 9.17) is 5.26 Å². The maximum Gasteiger partial charge on any atom is 0.417 e. The average Bonchev–Trinajstić information content (AvgIpc) is 2.90. The Kier molecular flexibility index (Phi) is 4.56. The van der Waals surface area contributed by atoms with E-state index in [9.17, 15) is 21.6 Å². The first-order valence-electron chi connectivity index (χ1n) is 7.98. The fraction of sp³-hybridized carbons (Fsp3) is 0.562. The van der Waals surface area contributed by atoms with Crippen molar-refractivity contribution < 1.29 is 21.6 Å². The number of hydrogen-bond donors (Lipinski definition) is 1. The van der Waals surface area contributed by atoms with Gasteiger partial charge in [-0.25, -0.2) is 8.42 Å². The van der Waals surface area contributed by atoms with Gasteiger partial charge in [-0.05, 0) is 43.9 Å². The Morgan fingerprint density at radius 1 is 1.24 bits per heavy atom. The van der Waals surface area contributed by atoms with Gasteiger partial charge in [-0.2, -0.15) is 22.7 Å². The molecular weight excluding hydrogens is 355 g/mol. The average molecular weight is 373 g/mol. The molecule has 25 heavy (non-hydrogen) atoms. The Balaban J connectivity index is 1.91. The number of sulfonamides is 1. The van der Waals surface area contributed by atoms with Crippen LogP contribution in [0.5, 0.6) is 0 Å². The van der Waals surface area contributed by atoms with Crippen molar-refractivity contribution in [2.24, 2.45) is 0 Å². The first-order valence-corrected chi connectivity index (χ1v) is 9.42. The normalized spacial score (nSPS) is 26.6. The molecule has 1 N–H and O–H groups in total. The van der Waals surface area contributed by atoms with Crippen molar-refractivity contribution in [3.05, 3.63) is 29.3 Å². The summed E-state index contributed by atoms with van der Waals surface area (Å²) in [6.45, 7) is 0. The van der Waals surface area contributed by atoms with Crippen molar-refractivity contribution in [1.82, 2.24) is 9.62 Å². The summed E-state index contributed by atoms with van der Waals surface area (Å²) in [6.07, 6.45) is -1.33. The number of nitrogens with zero attached hydrogens (tertiary/aromatic N) is 2. The summed E-state index contributed by atoms with van der Waals surface area (Å²) in [6, 6.07) is 4.20. The number of nitrogens with one attached hydrogen (secondary N) is 1. The molecule has 2 fully saturated rings. The molecule has 2 aliphatic heterocycles. The Morgan fingerprint density at radius 3 is 2.36 bits per heavy atom. The summed E-state index contributed by atoms with van der Waals surface area (Å²) in [7, 11) is -2.51. The lowest BCUT2D eigenvalue weighted by Gasteiger charge is -2.34. The van der Waals surface area contributed by atoms with Crippen molar-refractivity contribution in [2.45, 2.75) is 54.9 Å². The van der Waals surface area contributed by atoms with Gasteiger partial charge < -0.3 is 5.32 Å². The van der Waals surface area contributed by atoms with Crippen LogP contribution in [-0.2, 0) is 16.2 Å². The largest absolute Gasteiger partial charge is 0.417 e. The molecule has 0 radical (unpaired) electrons. The molecule has 0 aromatic heterocycles. The van der Waals surface area contributed by atoms with Crippen LogP contribution in [0.25, 0.3) is 0 Å². The first-order chi connectivity index (χ1) is 11.6. The Bertz CT molecular complexity index is 805. The lowest BCUT2D eigenvalue weighted by atomic mass is 10.0. The van der Waals surface area contributed by atoms with Crippen molar-refractivity contribution >= 4 is 10.0 Å². The number of rotatable bonds is 3. The zero-order valence-corrected chi connectivity index (χ0v) is 14.4. The monoisotopic (exact) mass is 373 g/mol. The second kappa shape index (κ2) is 6.27. The van der Waals surface area contributed by atoms with Crippen molar-refractivity contribution in [2.75, 3.05) is 7.05 Å². The molecule has 5 nitrogen and oxygen atoms in total. The van der Waals surface area contributed by atoms with Gasteiger partial charge in [0.05, 0.1) is 22.1 Å². The summed E-state index contributed by atoms with van der Waals surface area (Å²) in [5.74, 6) is 0. The minimum atomic E-state index is -4.70. The molecule has 2 saturated heterocycles. The van der Waals surface area contributed by atoms with Crippen LogP contribution in [0.1, 0.15) is 36.8 Å². The van der Waals surface area contributed by atoms with Crippen molar-refractivity contribution in [3.63, 3.8) is 0 Å². The molecule has 3 rings (SSSR count). The van der Waals surface area contributed by atoms with Crippen LogP contribution in [-0.4, -0.2) is 37.9 Å². The van der Waals surface area contributed by atoms with Gasteiger partial charge in [0.1, 0.15) is 0 Å².